The van der Waals surface area contributed by atoms with E-state index in [1.165, 1.54) is 38.8 Å². The average molecular weight is 277 g/mol. The van der Waals surface area contributed by atoms with Crippen LogP contribution in [0.1, 0.15) is 42.5 Å². The summed E-state index contributed by atoms with van der Waals surface area (Å²) in [5, 5.41) is 9.07. The van der Waals surface area contributed by atoms with Gasteiger partial charge in [0.05, 0.1) is 6.61 Å². The lowest BCUT2D eigenvalue weighted by Gasteiger charge is -2.19. The van der Waals surface area contributed by atoms with E-state index in [9.17, 15) is 4.79 Å². The second-order valence-corrected chi connectivity index (χ2v) is 5.26. The molecule has 1 saturated heterocycles. The first-order chi connectivity index (χ1) is 9.77. The Bertz CT molecular complexity index is 425. The van der Waals surface area contributed by atoms with Crippen LogP contribution >= 0.6 is 0 Å². The molecule has 0 aromatic heterocycles. The minimum absolute atomic E-state index is 0.238. The third-order valence-electron chi connectivity index (χ3n) is 3.69. The Morgan fingerprint density at radius 1 is 1.15 bits per heavy atom. The lowest BCUT2D eigenvalue weighted by atomic mass is 10.2. The van der Waals surface area contributed by atoms with E-state index in [2.05, 4.69) is 4.90 Å². The molecule has 0 radical (unpaired) electrons. The van der Waals surface area contributed by atoms with Crippen LogP contribution in [0.15, 0.2) is 24.3 Å². The van der Waals surface area contributed by atoms with Gasteiger partial charge in [-0.05, 0) is 44.5 Å². The molecule has 0 spiro atoms. The van der Waals surface area contributed by atoms with E-state index in [4.69, 9.17) is 9.84 Å². The number of ether oxygens (including phenoxy) is 1. The summed E-state index contributed by atoms with van der Waals surface area (Å²) in [7, 11) is 0. The zero-order valence-corrected chi connectivity index (χ0v) is 11.9. The van der Waals surface area contributed by atoms with Gasteiger partial charge in [0, 0.05) is 6.54 Å². The van der Waals surface area contributed by atoms with Gasteiger partial charge in [-0.1, -0.05) is 25.0 Å². The van der Waals surface area contributed by atoms with E-state index in [0.717, 1.165) is 13.0 Å². The monoisotopic (exact) mass is 277 g/mol. The van der Waals surface area contributed by atoms with Gasteiger partial charge in [-0.2, -0.15) is 0 Å². The summed E-state index contributed by atoms with van der Waals surface area (Å²) >= 11 is 0. The van der Waals surface area contributed by atoms with Crippen LogP contribution < -0.4 is 4.74 Å². The second kappa shape index (κ2) is 7.90. The molecular weight excluding hydrogens is 254 g/mol. The van der Waals surface area contributed by atoms with Crippen LogP contribution in [-0.4, -0.2) is 42.2 Å². The van der Waals surface area contributed by atoms with Gasteiger partial charge in [0.2, 0.25) is 0 Å². The lowest BCUT2D eigenvalue weighted by Crippen LogP contribution is -2.26. The van der Waals surface area contributed by atoms with Crippen molar-refractivity contribution in [1.82, 2.24) is 4.90 Å². The normalized spacial score (nSPS) is 16.6. The van der Waals surface area contributed by atoms with Gasteiger partial charge in [0.25, 0.3) is 0 Å². The zero-order chi connectivity index (χ0) is 14.2. The maximum atomic E-state index is 11.1. The van der Waals surface area contributed by atoms with Gasteiger partial charge in [0.15, 0.2) is 0 Å². The SMILES string of the molecule is O=C(O)c1ccccc1OCCCN1CCCCCC1. The predicted molar refractivity (Wildman–Crippen MR) is 78.4 cm³/mol. The van der Waals surface area contributed by atoms with Gasteiger partial charge < -0.3 is 14.7 Å². The molecule has 0 amide bonds. The molecule has 0 bridgehead atoms. The fourth-order valence-corrected chi connectivity index (χ4v) is 2.60. The number of para-hydroxylation sites is 1. The van der Waals surface area contributed by atoms with E-state index < -0.39 is 5.97 Å². The number of carboxylic acid groups (broad SMARTS) is 1. The third-order valence-corrected chi connectivity index (χ3v) is 3.69. The van der Waals surface area contributed by atoms with Crippen LogP contribution in [0, 0.1) is 0 Å². The number of carbonyl (C=O) groups is 1. The summed E-state index contributed by atoms with van der Waals surface area (Å²) in [6.45, 7) is 3.98. The highest BCUT2D eigenvalue weighted by molar-refractivity contribution is 5.90. The Balaban J connectivity index is 1.74. The average Bonchev–Trinajstić information content (AvgIpc) is 2.72. The maximum absolute atomic E-state index is 11.1. The summed E-state index contributed by atoms with van der Waals surface area (Å²) in [6, 6.07) is 6.81. The highest BCUT2D eigenvalue weighted by Crippen LogP contribution is 2.18. The fraction of sp³-hybridized carbons (Fsp3) is 0.562. The van der Waals surface area contributed by atoms with Gasteiger partial charge in [-0.3, -0.25) is 0 Å². The van der Waals surface area contributed by atoms with Crippen molar-refractivity contribution < 1.29 is 14.6 Å². The fourth-order valence-electron chi connectivity index (χ4n) is 2.60. The molecule has 1 aromatic rings. The van der Waals surface area contributed by atoms with Gasteiger partial charge in [0.1, 0.15) is 11.3 Å². The Hall–Kier alpha value is -1.55. The minimum Gasteiger partial charge on any atom is -0.493 e. The first-order valence-corrected chi connectivity index (χ1v) is 7.45. The Labute approximate surface area is 120 Å². The number of aromatic carboxylic acids is 1. The molecule has 1 aliphatic rings. The summed E-state index contributed by atoms with van der Waals surface area (Å²) in [5.41, 5.74) is 0.238. The molecule has 0 aliphatic carbocycles. The molecular formula is C16H23NO3. The van der Waals surface area contributed by atoms with Gasteiger partial charge in [-0.25, -0.2) is 4.79 Å². The van der Waals surface area contributed by atoms with Gasteiger partial charge >= 0.3 is 5.97 Å². The molecule has 20 heavy (non-hydrogen) atoms. The number of rotatable bonds is 6. The van der Waals surface area contributed by atoms with E-state index in [1.54, 1.807) is 24.3 Å². The van der Waals surface area contributed by atoms with Crippen LogP contribution in [0.4, 0.5) is 0 Å². The molecule has 0 saturated carbocycles. The van der Waals surface area contributed by atoms with Crippen LogP contribution in [0.2, 0.25) is 0 Å². The predicted octanol–water partition coefficient (Wildman–Crippen LogP) is 3.03. The zero-order valence-electron chi connectivity index (χ0n) is 11.9. The number of carboxylic acids is 1. The number of likely N-dealkylation sites (tertiary alicyclic amines) is 1. The van der Waals surface area contributed by atoms with Gasteiger partial charge in [-0.15, -0.1) is 0 Å². The van der Waals surface area contributed by atoms with E-state index in [0.29, 0.717) is 12.4 Å². The van der Waals surface area contributed by atoms with Crippen molar-refractivity contribution >= 4 is 5.97 Å². The Morgan fingerprint density at radius 3 is 2.55 bits per heavy atom. The number of nitrogens with zero attached hydrogens (tertiary/aromatic N) is 1. The first-order valence-electron chi connectivity index (χ1n) is 7.45. The van der Waals surface area contributed by atoms with E-state index >= 15 is 0 Å². The molecule has 2 rings (SSSR count). The van der Waals surface area contributed by atoms with Crippen molar-refractivity contribution in [2.24, 2.45) is 0 Å². The topological polar surface area (TPSA) is 49.8 Å². The smallest absolute Gasteiger partial charge is 0.339 e. The molecule has 1 N–H and O–H groups in total. The standard InChI is InChI=1S/C16H23NO3/c18-16(19)14-8-3-4-9-15(14)20-13-7-12-17-10-5-1-2-6-11-17/h3-4,8-9H,1-2,5-7,10-13H2,(H,18,19). The summed E-state index contributed by atoms with van der Waals surface area (Å²) in [4.78, 5) is 13.5. The summed E-state index contributed by atoms with van der Waals surface area (Å²) < 4.78 is 5.61. The third kappa shape index (κ3) is 4.53. The molecule has 110 valence electrons. The van der Waals surface area contributed by atoms with Crippen molar-refractivity contribution in [3.63, 3.8) is 0 Å². The minimum atomic E-state index is -0.937. The molecule has 4 heteroatoms. The number of hydrogen-bond donors (Lipinski definition) is 1. The van der Waals surface area contributed by atoms with Crippen molar-refractivity contribution in [1.29, 1.82) is 0 Å². The molecule has 0 unspecified atom stereocenters. The number of hydrogen-bond acceptors (Lipinski definition) is 3. The Morgan fingerprint density at radius 2 is 1.85 bits per heavy atom. The van der Waals surface area contributed by atoms with E-state index in [1.807, 2.05) is 0 Å². The molecule has 1 aliphatic heterocycles. The van der Waals surface area contributed by atoms with Crippen LogP contribution in [0.5, 0.6) is 5.75 Å². The van der Waals surface area contributed by atoms with Crippen LogP contribution in [0.25, 0.3) is 0 Å². The van der Waals surface area contributed by atoms with Crippen LogP contribution in [-0.2, 0) is 0 Å². The molecule has 1 heterocycles. The van der Waals surface area contributed by atoms with Crippen molar-refractivity contribution in [2.45, 2.75) is 32.1 Å². The molecule has 1 aromatic carbocycles. The highest BCUT2D eigenvalue weighted by atomic mass is 16.5. The molecule has 4 nitrogen and oxygen atoms in total. The lowest BCUT2D eigenvalue weighted by molar-refractivity contribution is 0.0692. The van der Waals surface area contributed by atoms with Crippen molar-refractivity contribution in [2.75, 3.05) is 26.2 Å². The van der Waals surface area contributed by atoms with Crippen molar-refractivity contribution in [3.05, 3.63) is 29.8 Å². The number of benzene rings is 1. The Kier molecular flexibility index (Phi) is 5.87. The maximum Gasteiger partial charge on any atom is 0.339 e. The second-order valence-electron chi connectivity index (χ2n) is 5.26. The van der Waals surface area contributed by atoms with Crippen LogP contribution in [0.3, 0.4) is 0 Å². The quantitative estimate of drug-likeness (QED) is 0.812. The highest BCUT2D eigenvalue weighted by Gasteiger charge is 2.11. The molecule has 1 fully saturated rings. The van der Waals surface area contributed by atoms with Crippen molar-refractivity contribution in [3.8, 4) is 5.75 Å². The summed E-state index contributed by atoms with van der Waals surface area (Å²) in [5.74, 6) is -0.469. The molecule has 0 atom stereocenters. The largest absolute Gasteiger partial charge is 0.493 e. The van der Waals surface area contributed by atoms with E-state index in [-0.39, 0.29) is 5.56 Å². The first kappa shape index (κ1) is 14.9. The summed E-state index contributed by atoms with van der Waals surface area (Å²) in [6.07, 6.45) is 6.22.